The van der Waals surface area contributed by atoms with Gasteiger partial charge in [0.1, 0.15) is 0 Å². The fraction of sp³-hybridized carbons (Fsp3) is 0.538. The summed E-state index contributed by atoms with van der Waals surface area (Å²) in [6.45, 7) is 0.859. The van der Waals surface area contributed by atoms with Crippen LogP contribution in [0.4, 0.5) is 4.39 Å². The van der Waals surface area contributed by atoms with Gasteiger partial charge in [0.25, 0.3) is 0 Å². The topological polar surface area (TPSA) is 12.0 Å². The Kier molecular flexibility index (Phi) is 3.73. The van der Waals surface area contributed by atoms with Crippen LogP contribution in [0.5, 0.6) is 0 Å². The Labute approximate surface area is 90.7 Å². The van der Waals surface area contributed by atoms with E-state index in [0.29, 0.717) is 12.5 Å². The van der Waals surface area contributed by atoms with Crippen LogP contribution in [0, 0.1) is 0 Å². The molecule has 0 saturated carbocycles. The van der Waals surface area contributed by atoms with Gasteiger partial charge in [0, 0.05) is 12.5 Å². The molecule has 0 amide bonds. The number of alkyl halides is 1. The van der Waals surface area contributed by atoms with E-state index in [2.05, 4.69) is 17.4 Å². The van der Waals surface area contributed by atoms with E-state index in [4.69, 9.17) is 0 Å². The molecule has 82 valence electrons. The fourth-order valence-electron chi connectivity index (χ4n) is 2.16. The first-order valence-corrected chi connectivity index (χ1v) is 5.78. The van der Waals surface area contributed by atoms with E-state index >= 15 is 0 Å². The molecule has 1 nitrogen and oxygen atoms in total. The molecule has 1 fully saturated rings. The minimum Gasteiger partial charge on any atom is -0.310 e. The maximum Gasteiger partial charge on any atom is 0.0934 e. The zero-order chi connectivity index (χ0) is 10.5. The third kappa shape index (κ3) is 2.78. The molecule has 2 heteroatoms. The van der Waals surface area contributed by atoms with Crippen LogP contribution >= 0.6 is 0 Å². The van der Waals surface area contributed by atoms with E-state index in [1.165, 1.54) is 24.8 Å². The largest absolute Gasteiger partial charge is 0.310 e. The third-order valence-corrected chi connectivity index (χ3v) is 3.08. The molecule has 1 atom stereocenters. The second-order valence-electron chi connectivity index (χ2n) is 4.18. The van der Waals surface area contributed by atoms with Crippen LogP contribution in [-0.2, 0) is 6.42 Å². The van der Waals surface area contributed by atoms with E-state index in [-0.39, 0.29) is 6.67 Å². The monoisotopic (exact) mass is 207 g/mol. The molecule has 1 heterocycles. The molecule has 1 aromatic carbocycles. The van der Waals surface area contributed by atoms with Crippen molar-refractivity contribution in [1.29, 1.82) is 0 Å². The molecular formula is C13H18FN. The van der Waals surface area contributed by atoms with Crippen LogP contribution in [-0.4, -0.2) is 13.2 Å². The van der Waals surface area contributed by atoms with E-state index in [1.807, 2.05) is 12.1 Å². The molecule has 1 N–H and O–H groups in total. The van der Waals surface area contributed by atoms with Crippen molar-refractivity contribution in [2.45, 2.75) is 31.7 Å². The molecule has 0 bridgehead atoms. The van der Waals surface area contributed by atoms with Gasteiger partial charge in [-0.05, 0) is 30.5 Å². The first-order chi connectivity index (χ1) is 7.40. The van der Waals surface area contributed by atoms with Gasteiger partial charge in [-0.15, -0.1) is 0 Å². The first kappa shape index (κ1) is 10.6. The standard InChI is InChI=1S/C13H18FN/c14-9-8-11-4-6-12(7-5-11)13-3-1-2-10-15-13/h4-7,13,15H,1-3,8-10H2. The summed E-state index contributed by atoms with van der Waals surface area (Å²) in [6.07, 6.45) is 4.36. The average Bonchev–Trinajstić information content (AvgIpc) is 2.32. The lowest BCUT2D eigenvalue weighted by molar-refractivity contribution is 0.412. The van der Waals surface area contributed by atoms with Gasteiger partial charge in [-0.3, -0.25) is 4.39 Å². The maximum atomic E-state index is 12.1. The van der Waals surface area contributed by atoms with Crippen LogP contribution in [0.1, 0.15) is 36.4 Å². The van der Waals surface area contributed by atoms with Crippen molar-refractivity contribution in [3.63, 3.8) is 0 Å². The lowest BCUT2D eigenvalue weighted by atomic mass is 9.96. The molecule has 0 aromatic heterocycles. The fourth-order valence-corrected chi connectivity index (χ4v) is 2.16. The summed E-state index contributed by atoms with van der Waals surface area (Å²) >= 11 is 0. The highest BCUT2D eigenvalue weighted by Crippen LogP contribution is 2.23. The molecule has 1 saturated heterocycles. The van der Waals surface area contributed by atoms with Crippen molar-refractivity contribution in [3.8, 4) is 0 Å². The summed E-state index contributed by atoms with van der Waals surface area (Å²) in [5.41, 5.74) is 2.44. The number of halogens is 1. The second-order valence-corrected chi connectivity index (χ2v) is 4.18. The molecular weight excluding hydrogens is 189 g/mol. The highest BCUT2D eigenvalue weighted by molar-refractivity contribution is 5.25. The van der Waals surface area contributed by atoms with Gasteiger partial charge in [0.05, 0.1) is 6.67 Å². The van der Waals surface area contributed by atoms with Crippen molar-refractivity contribution < 1.29 is 4.39 Å². The molecule has 1 aromatic rings. The normalized spacial score (nSPS) is 21.5. The zero-order valence-corrected chi connectivity index (χ0v) is 9.01. The number of aryl methyl sites for hydroxylation is 1. The SMILES string of the molecule is FCCc1ccc(C2CCCCN2)cc1. The van der Waals surface area contributed by atoms with Crippen molar-refractivity contribution in [3.05, 3.63) is 35.4 Å². The Hall–Kier alpha value is -0.890. The van der Waals surface area contributed by atoms with E-state index in [0.717, 1.165) is 12.1 Å². The van der Waals surface area contributed by atoms with Gasteiger partial charge in [-0.1, -0.05) is 30.7 Å². The number of nitrogens with one attached hydrogen (secondary N) is 1. The summed E-state index contributed by atoms with van der Waals surface area (Å²) < 4.78 is 12.1. The van der Waals surface area contributed by atoms with Crippen LogP contribution < -0.4 is 5.32 Å². The van der Waals surface area contributed by atoms with Crippen LogP contribution in [0.15, 0.2) is 24.3 Å². The number of benzene rings is 1. The lowest BCUT2D eigenvalue weighted by Gasteiger charge is -2.23. The molecule has 0 spiro atoms. The van der Waals surface area contributed by atoms with Crippen molar-refractivity contribution in [2.24, 2.45) is 0 Å². The van der Waals surface area contributed by atoms with Gasteiger partial charge >= 0.3 is 0 Å². The van der Waals surface area contributed by atoms with Crippen LogP contribution in [0.3, 0.4) is 0 Å². The maximum absolute atomic E-state index is 12.1. The first-order valence-electron chi connectivity index (χ1n) is 5.78. The lowest BCUT2D eigenvalue weighted by Crippen LogP contribution is -2.26. The Bertz CT molecular complexity index is 288. The number of hydrogen-bond donors (Lipinski definition) is 1. The molecule has 15 heavy (non-hydrogen) atoms. The third-order valence-electron chi connectivity index (χ3n) is 3.08. The van der Waals surface area contributed by atoms with Gasteiger partial charge in [-0.25, -0.2) is 0 Å². The van der Waals surface area contributed by atoms with Crippen molar-refractivity contribution >= 4 is 0 Å². The van der Waals surface area contributed by atoms with Gasteiger partial charge in [-0.2, -0.15) is 0 Å². The smallest absolute Gasteiger partial charge is 0.0934 e. The summed E-state index contributed by atoms with van der Waals surface area (Å²) in [5.74, 6) is 0. The minimum absolute atomic E-state index is 0.263. The summed E-state index contributed by atoms with van der Waals surface area (Å²) in [4.78, 5) is 0. The van der Waals surface area contributed by atoms with E-state index in [9.17, 15) is 4.39 Å². The Morgan fingerprint density at radius 1 is 1.20 bits per heavy atom. The highest BCUT2D eigenvalue weighted by atomic mass is 19.1. The molecule has 1 unspecified atom stereocenters. The Balaban J connectivity index is 2.02. The molecule has 1 aliphatic heterocycles. The quantitative estimate of drug-likeness (QED) is 0.803. The Morgan fingerprint density at radius 3 is 2.60 bits per heavy atom. The highest BCUT2D eigenvalue weighted by Gasteiger charge is 2.13. The molecule has 2 rings (SSSR count). The molecule has 0 radical (unpaired) electrons. The average molecular weight is 207 g/mol. The number of hydrogen-bond acceptors (Lipinski definition) is 1. The predicted octanol–water partition coefficient (Wildman–Crippen LogP) is 3.01. The predicted molar refractivity (Wildman–Crippen MR) is 60.7 cm³/mol. The second kappa shape index (κ2) is 5.26. The minimum atomic E-state index is -0.263. The van der Waals surface area contributed by atoms with Gasteiger partial charge in [0.15, 0.2) is 0 Å². The van der Waals surface area contributed by atoms with Crippen molar-refractivity contribution in [1.82, 2.24) is 5.32 Å². The van der Waals surface area contributed by atoms with Crippen LogP contribution in [0.2, 0.25) is 0 Å². The van der Waals surface area contributed by atoms with Crippen molar-refractivity contribution in [2.75, 3.05) is 13.2 Å². The number of rotatable bonds is 3. The molecule has 1 aliphatic rings. The summed E-state index contributed by atoms with van der Waals surface area (Å²) in [7, 11) is 0. The van der Waals surface area contributed by atoms with Gasteiger partial charge < -0.3 is 5.32 Å². The van der Waals surface area contributed by atoms with Crippen LogP contribution in [0.25, 0.3) is 0 Å². The summed E-state index contributed by atoms with van der Waals surface area (Å²) in [6, 6.07) is 8.87. The van der Waals surface area contributed by atoms with Gasteiger partial charge in [0.2, 0.25) is 0 Å². The Morgan fingerprint density at radius 2 is 2.00 bits per heavy atom. The summed E-state index contributed by atoms with van der Waals surface area (Å²) in [5, 5.41) is 3.51. The zero-order valence-electron chi connectivity index (χ0n) is 9.01. The molecule has 0 aliphatic carbocycles. The van der Waals surface area contributed by atoms with E-state index < -0.39 is 0 Å². The number of piperidine rings is 1. The van der Waals surface area contributed by atoms with E-state index in [1.54, 1.807) is 0 Å².